The van der Waals surface area contributed by atoms with Crippen LogP contribution >= 0.6 is 11.0 Å². The Labute approximate surface area is 84.4 Å². The standard InChI is InChI=1S/C10H7NS2/c1-2-4-8-7(3-1)5-6-9-10(8)11-13-12-9/h1-6,11H/p+1. The van der Waals surface area contributed by atoms with Crippen molar-refractivity contribution in [2.75, 3.05) is 4.72 Å². The molecule has 0 spiro atoms. The van der Waals surface area contributed by atoms with E-state index in [9.17, 15) is 0 Å². The van der Waals surface area contributed by atoms with Crippen molar-refractivity contribution in [3.63, 3.8) is 0 Å². The normalized spacial score (nSPS) is 14.2. The Kier molecular flexibility index (Phi) is 1.67. The number of rotatable bonds is 0. The molecule has 0 saturated carbocycles. The van der Waals surface area contributed by atoms with Crippen molar-refractivity contribution >= 4 is 38.2 Å². The van der Waals surface area contributed by atoms with Crippen LogP contribution in [0.1, 0.15) is 0 Å². The Morgan fingerprint density at radius 3 is 3.00 bits per heavy atom. The Bertz CT molecular complexity index is 467. The van der Waals surface area contributed by atoms with Gasteiger partial charge in [0.05, 0.1) is 0 Å². The number of hydrogen-bond acceptors (Lipinski definition) is 2. The highest BCUT2D eigenvalue weighted by Gasteiger charge is 2.22. The summed E-state index contributed by atoms with van der Waals surface area (Å²) in [7, 11) is 3.06. The van der Waals surface area contributed by atoms with Gasteiger partial charge in [0, 0.05) is 5.39 Å². The summed E-state index contributed by atoms with van der Waals surface area (Å²) in [4.78, 5) is 1.39. The van der Waals surface area contributed by atoms with Crippen LogP contribution in [0, 0.1) is 0 Å². The van der Waals surface area contributed by atoms with E-state index in [1.165, 1.54) is 32.1 Å². The molecule has 1 aliphatic heterocycles. The predicted octanol–water partition coefficient (Wildman–Crippen LogP) is 3.00. The van der Waals surface area contributed by atoms with Crippen molar-refractivity contribution in [2.24, 2.45) is 0 Å². The molecular formula is C10H8NS2+. The summed E-state index contributed by atoms with van der Waals surface area (Å²) in [6, 6.07) is 12.9. The third-order valence-corrected chi connectivity index (χ3v) is 4.29. The smallest absolute Gasteiger partial charge is 0.215 e. The average Bonchev–Trinajstić information content (AvgIpc) is 2.65. The van der Waals surface area contributed by atoms with Crippen LogP contribution in [0.4, 0.5) is 5.69 Å². The highest BCUT2D eigenvalue weighted by Crippen LogP contribution is 2.37. The van der Waals surface area contributed by atoms with Gasteiger partial charge in [-0.25, -0.2) is 0 Å². The van der Waals surface area contributed by atoms with Crippen molar-refractivity contribution in [3.8, 4) is 0 Å². The van der Waals surface area contributed by atoms with Crippen molar-refractivity contribution in [3.05, 3.63) is 36.4 Å². The summed E-state index contributed by atoms with van der Waals surface area (Å²) in [5.74, 6) is 0. The van der Waals surface area contributed by atoms with Gasteiger partial charge in [-0.15, -0.1) is 0 Å². The van der Waals surface area contributed by atoms with Gasteiger partial charge in [-0.3, -0.25) is 4.72 Å². The molecule has 3 heteroatoms. The molecule has 13 heavy (non-hydrogen) atoms. The van der Waals surface area contributed by atoms with Crippen molar-refractivity contribution in [2.45, 2.75) is 4.90 Å². The molecule has 0 radical (unpaired) electrons. The van der Waals surface area contributed by atoms with Crippen LogP contribution in [0.15, 0.2) is 41.3 Å². The number of anilines is 1. The zero-order valence-corrected chi connectivity index (χ0v) is 8.53. The zero-order valence-electron chi connectivity index (χ0n) is 6.82. The number of fused-ring (bicyclic) bond motifs is 3. The molecule has 0 bridgehead atoms. The molecule has 64 valence electrons. The molecule has 3 rings (SSSR count). The Morgan fingerprint density at radius 1 is 1.08 bits per heavy atom. The van der Waals surface area contributed by atoms with Gasteiger partial charge in [0.25, 0.3) is 0 Å². The van der Waals surface area contributed by atoms with E-state index in [-0.39, 0.29) is 0 Å². The maximum absolute atomic E-state index is 3.35. The van der Waals surface area contributed by atoms with E-state index in [4.69, 9.17) is 0 Å². The van der Waals surface area contributed by atoms with Crippen LogP contribution in [0.3, 0.4) is 0 Å². The molecular weight excluding hydrogens is 198 g/mol. The number of nitrogens with one attached hydrogen (secondary N) is 1. The van der Waals surface area contributed by atoms with Gasteiger partial charge in [-0.1, -0.05) is 24.3 Å². The lowest BCUT2D eigenvalue weighted by Crippen LogP contribution is -1.81. The predicted molar refractivity (Wildman–Crippen MR) is 62.2 cm³/mol. The first-order valence-corrected chi connectivity index (χ1v) is 6.41. The maximum Gasteiger partial charge on any atom is 0.215 e. The molecule has 0 saturated heterocycles. The van der Waals surface area contributed by atoms with Crippen LogP contribution in [-0.4, -0.2) is 0 Å². The fraction of sp³-hybridized carbons (Fsp3) is 0. The minimum absolute atomic E-state index is 1.30. The second-order valence-corrected chi connectivity index (χ2v) is 5.11. The van der Waals surface area contributed by atoms with Gasteiger partial charge in [0.15, 0.2) is 4.90 Å². The summed E-state index contributed by atoms with van der Waals surface area (Å²) >= 11 is 0. The van der Waals surface area contributed by atoms with Crippen LogP contribution in [-0.2, 0) is 10.8 Å². The molecule has 1 heterocycles. The zero-order chi connectivity index (χ0) is 8.67. The highest BCUT2D eigenvalue weighted by molar-refractivity contribution is 8.67. The van der Waals surface area contributed by atoms with E-state index in [1.807, 2.05) is 0 Å². The number of benzene rings is 2. The van der Waals surface area contributed by atoms with E-state index in [1.54, 1.807) is 11.0 Å². The molecule has 0 aliphatic carbocycles. The van der Waals surface area contributed by atoms with Crippen LogP contribution < -0.4 is 4.72 Å². The first-order valence-electron chi connectivity index (χ1n) is 4.10. The minimum Gasteiger partial charge on any atom is -0.281 e. The first kappa shape index (κ1) is 7.59. The number of thiol groups is 1. The topological polar surface area (TPSA) is 12.0 Å². The van der Waals surface area contributed by atoms with Gasteiger partial charge in [-0.05, 0) is 17.5 Å². The van der Waals surface area contributed by atoms with Crippen LogP contribution in [0.25, 0.3) is 10.8 Å². The molecule has 2 aromatic rings. The van der Waals surface area contributed by atoms with E-state index >= 15 is 0 Å². The van der Waals surface area contributed by atoms with E-state index in [0.29, 0.717) is 0 Å². The molecule has 0 fully saturated rings. The Balaban J connectivity index is 2.43. The molecule has 1 N–H and O–H groups in total. The summed E-state index contributed by atoms with van der Waals surface area (Å²) in [6.45, 7) is 0. The summed E-state index contributed by atoms with van der Waals surface area (Å²) in [5, 5.41) is 2.64. The van der Waals surface area contributed by atoms with Crippen molar-refractivity contribution in [1.82, 2.24) is 0 Å². The molecule has 0 atom stereocenters. The van der Waals surface area contributed by atoms with Gasteiger partial charge < -0.3 is 0 Å². The van der Waals surface area contributed by atoms with Gasteiger partial charge in [-0.2, -0.15) is 0 Å². The van der Waals surface area contributed by atoms with Crippen molar-refractivity contribution in [1.29, 1.82) is 0 Å². The van der Waals surface area contributed by atoms with Crippen LogP contribution in [0.5, 0.6) is 0 Å². The first-order chi connectivity index (χ1) is 6.45. The summed E-state index contributed by atoms with van der Waals surface area (Å²) in [5.41, 5.74) is 1.30. The molecule has 0 aromatic heterocycles. The molecule has 1 aliphatic rings. The lowest BCUT2D eigenvalue weighted by atomic mass is 10.1. The second-order valence-electron chi connectivity index (χ2n) is 2.97. The van der Waals surface area contributed by atoms with Gasteiger partial charge in [0.2, 0.25) is 11.0 Å². The SMILES string of the molecule is c1ccc2c3c(ccc2c1)[SH+]SN3. The lowest BCUT2D eigenvalue weighted by molar-refractivity contribution is 1.52. The monoisotopic (exact) mass is 206 g/mol. The summed E-state index contributed by atoms with van der Waals surface area (Å²) < 4.78 is 3.35. The number of hydrogen-bond donors (Lipinski definition) is 1. The third kappa shape index (κ3) is 1.11. The van der Waals surface area contributed by atoms with E-state index in [0.717, 1.165) is 0 Å². The largest absolute Gasteiger partial charge is 0.281 e. The van der Waals surface area contributed by atoms with Crippen molar-refractivity contribution < 1.29 is 0 Å². The quantitative estimate of drug-likeness (QED) is 0.308. The van der Waals surface area contributed by atoms with Gasteiger partial charge in [0.1, 0.15) is 16.5 Å². The molecule has 0 amide bonds. The minimum atomic E-state index is 1.30. The maximum atomic E-state index is 3.35. The molecule has 2 aromatic carbocycles. The lowest BCUT2D eigenvalue weighted by Gasteiger charge is -1.99. The highest BCUT2D eigenvalue weighted by atomic mass is 33.1. The van der Waals surface area contributed by atoms with Gasteiger partial charge >= 0.3 is 0 Å². The summed E-state index contributed by atoms with van der Waals surface area (Å²) in [6.07, 6.45) is 0. The third-order valence-electron chi connectivity index (χ3n) is 2.20. The van der Waals surface area contributed by atoms with E-state index in [2.05, 4.69) is 41.1 Å². The fourth-order valence-electron chi connectivity index (χ4n) is 1.56. The Hall–Kier alpha value is -0.800. The second kappa shape index (κ2) is 2.86. The molecule has 0 unspecified atom stereocenters. The molecule has 1 nitrogen and oxygen atoms in total. The fourth-order valence-corrected chi connectivity index (χ4v) is 3.66. The van der Waals surface area contributed by atoms with E-state index < -0.39 is 0 Å². The Morgan fingerprint density at radius 2 is 2.00 bits per heavy atom. The average molecular weight is 206 g/mol. The van der Waals surface area contributed by atoms with Crippen LogP contribution in [0.2, 0.25) is 0 Å².